The summed E-state index contributed by atoms with van der Waals surface area (Å²) in [5.41, 5.74) is 5.37. The van der Waals surface area contributed by atoms with E-state index in [9.17, 15) is 9.59 Å². The summed E-state index contributed by atoms with van der Waals surface area (Å²) in [7, 11) is 0. The molecule has 0 aliphatic carbocycles. The van der Waals surface area contributed by atoms with Crippen LogP contribution in [0, 0.1) is 0 Å². The first-order valence-electron chi connectivity index (χ1n) is 6.33. The quantitative estimate of drug-likeness (QED) is 0.493. The van der Waals surface area contributed by atoms with Crippen LogP contribution < -0.4 is 11.1 Å². The number of thioether (sulfide) groups is 1. The lowest BCUT2D eigenvalue weighted by Gasteiger charge is -2.13. The molecule has 1 unspecified atom stereocenters. The maximum Gasteiger partial charge on any atom is 0.326 e. The van der Waals surface area contributed by atoms with Crippen molar-refractivity contribution in [3.63, 3.8) is 0 Å². The minimum absolute atomic E-state index is 0.170. The first-order chi connectivity index (χ1) is 8.61. The summed E-state index contributed by atoms with van der Waals surface area (Å²) in [6, 6.07) is -0.756. The van der Waals surface area contributed by atoms with E-state index in [4.69, 9.17) is 10.8 Å². The molecule has 4 N–H and O–H groups in total. The minimum Gasteiger partial charge on any atom is -0.480 e. The third-order valence-electron chi connectivity index (χ3n) is 2.60. The molecule has 0 spiro atoms. The largest absolute Gasteiger partial charge is 0.480 e. The number of carboxylic acids is 1. The standard InChI is InChI=1S/C12H24N2O3S/c1-18-9-7-10(12(16)17)14-11(15)6-4-2-3-5-8-13/h10H,2-9,13H2,1H3,(H,14,15)(H,16,17). The van der Waals surface area contributed by atoms with E-state index in [1.807, 2.05) is 6.26 Å². The zero-order chi connectivity index (χ0) is 13.8. The SMILES string of the molecule is CSCCC(NC(=O)CCCCCCN)C(=O)O. The van der Waals surface area contributed by atoms with Gasteiger partial charge in [-0.2, -0.15) is 11.8 Å². The van der Waals surface area contributed by atoms with Crippen molar-refractivity contribution < 1.29 is 14.7 Å². The van der Waals surface area contributed by atoms with Gasteiger partial charge in [0.15, 0.2) is 0 Å². The molecule has 0 bridgehead atoms. The third-order valence-corrected chi connectivity index (χ3v) is 3.25. The van der Waals surface area contributed by atoms with E-state index < -0.39 is 12.0 Å². The van der Waals surface area contributed by atoms with Crippen LogP contribution in [0.25, 0.3) is 0 Å². The van der Waals surface area contributed by atoms with Gasteiger partial charge in [-0.05, 0) is 37.8 Å². The van der Waals surface area contributed by atoms with Gasteiger partial charge in [-0.15, -0.1) is 0 Å². The highest BCUT2D eigenvalue weighted by atomic mass is 32.2. The summed E-state index contributed by atoms with van der Waals surface area (Å²) in [6.45, 7) is 0.683. The van der Waals surface area contributed by atoms with E-state index in [1.165, 1.54) is 0 Å². The Hall–Kier alpha value is -0.750. The second-order valence-corrected chi connectivity index (χ2v) is 5.18. The Morgan fingerprint density at radius 2 is 1.94 bits per heavy atom. The van der Waals surface area contributed by atoms with Crippen LogP contribution in [0.1, 0.15) is 38.5 Å². The fourth-order valence-electron chi connectivity index (χ4n) is 1.54. The lowest BCUT2D eigenvalue weighted by atomic mass is 10.1. The molecule has 0 aliphatic heterocycles. The summed E-state index contributed by atoms with van der Waals surface area (Å²) in [6.07, 6.45) is 6.54. The third kappa shape index (κ3) is 9.30. The second kappa shape index (κ2) is 11.3. The van der Waals surface area contributed by atoms with Crippen molar-refractivity contribution in [2.45, 2.75) is 44.6 Å². The average Bonchev–Trinajstić information content (AvgIpc) is 2.33. The molecule has 1 atom stereocenters. The number of carbonyl (C=O) groups excluding carboxylic acids is 1. The van der Waals surface area contributed by atoms with Gasteiger partial charge in [0.1, 0.15) is 6.04 Å². The number of amides is 1. The summed E-state index contributed by atoms with van der Waals surface area (Å²) in [4.78, 5) is 22.5. The summed E-state index contributed by atoms with van der Waals surface area (Å²) >= 11 is 1.57. The molecular weight excluding hydrogens is 252 g/mol. The van der Waals surface area contributed by atoms with Gasteiger partial charge in [-0.25, -0.2) is 4.79 Å². The van der Waals surface area contributed by atoms with E-state index in [2.05, 4.69) is 5.32 Å². The fraction of sp³-hybridized carbons (Fsp3) is 0.833. The number of aliphatic carboxylic acids is 1. The van der Waals surface area contributed by atoms with E-state index in [0.29, 0.717) is 19.4 Å². The van der Waals surface area contributed by atoms with Crippen LogP contribution in [0.5, 0.6) is 0 Å². The molecule has 0 heterocycles. The van der Waals surface area contributed by atoms with Crippen LogP contribution in [-0.2, 0) is 9.59 Å². The van der Waals surface area contributed by atoms with E-state index in [0.717, 1.165) is 31.4 Å². The predicted octanol–water partition coefficient (Wildman–Crippen LogP) is 1.22. The molecular formula is C12H24N2O3S. The normalized spacial score (nSPS) is 12.1. The smallest absolute Gasteiger partial charge is 0.326 e. The maximum atomic E-state index is 11.5. The van der Waals surface area contributed by atoms with Crippen molar-refractivity contribution in [1.29, 1.82) is 0 Å². The van der Waals surface area contributed by atoms with Gasteiger partial charge in [0, 0.05) is 6.42 Å². The van der Waals surface area contributed by atoms with Crippen molar-refractivity contribution >= 4 is 23.6 Å². The molecule has 0 saturated carbocycles. The minimum atomic E-state index is -0.958. The van der Waals surface area contributed by atoms with E-state index >= 15 is 0 Å². The van der Waals surface area contributed by atoms with Gasteiger partial charge >= 0.3 is 5.97 Å². The second-order valence-electron chi connectivity index (χ2n) is 4.19. The van der Waals surface area contributed by atoms with Gasteiger partial charge in [-0.3, -0.25) is 4.79 Å². The number of nitrogens with one attached hydrogen (secondary N) is 1. The molecule has 18 heavy (non-hydrogen) atoms. The van der Waals surface area contributed by atoms with E-state index in [1.54, 1.807) is 11.8 Å². The number of carboxylic acid groups (broad SMARTS) is 1. The molecule has 6 heteroatoms. The van der Waals surface area contributed by atoms with Gasteiger partial charge < -0.3 is 16.2 Å². The molecule has 0 rings (SSSR count). The number of hydrogen-bond acceptors (Lipinski definition) is 4. The summed E-state index contributed by atoms with van der Waals surface area (Å²) in [5, 5.41) is 11.5. The number of unbranched alkanes of at least 4 members (excludes halogenated alkanes) is 3. The molecule has 0 saturated heterocycles. The maximum absolute atomic E-state index is 11.5. The van der Waals surface area contributed by atoms with Gasteiger partial charge in [-0.1, -0.05) is 12.8 Å². The first kappa shape index (κ1) is 17.2. The lowest BCUT2D eigenvalue weighted by Crippen LogP contribution is -2.41. The Balaban J connectivity index is 3.77. The summed E-state index contributed by atoms with van der Waals surface area (Å²) < 4.78 is 0. The van der Waals surface area contributed by atoms with Gasteiger partial charge in [0.2, 0.25) is 5.91 Å². The Kier molecular flexibility index (Phi) is 10.9. The topological polar surface area (TPSA) is 92.4 Å². The Morgan fingerprint density at radius 3 is 2.50 bits per heavy atom. The van der Waals surface area contributed by atoms with Crippen molar-refractivity contribution in [2.24, 2.45) is 5.73 Å². The average molecular weight is 276 g/mol. The highest BCUT2D eigenvalue weighted by molar-refractivity contribution is 7.98. The zero-order valence-electron chi connectivity index (χ0n) is 11.0. The van der Waals surface area contributed by atoms with Crippen molar-refractivity contribution in [3.05, 3.63) is 0 Å². The Morgan fingerprint density at radius 1 is 1.28 bits per heavy atom. The molecule has 0 fully saturated rings. The van der Waals surface area contributed by atoms with Gasteiger partial charge in [0.05, 0.1) is 0 Å². The summed E-state index contributed by atoms with van der Waals surface area (Å²) in [5.74, 6) is -0.398. The predicted molar refractivity (Wildman–Crippen MR) is 74.7 cm³/mol. The molecule has 0 radical (unpaired) electrons. The Bertz CT molecular complexity index is 249. The molecule has 1 amide bonds. The molecule has 5 nitrogen and oxygen atoms in total. The lowest BCUT2D eigenvalue weighted by molar-refractivity contribution is -0.141. The fourth-order valence-corrected chi connectivity index (χ4v) is 2.01. The highest BCUT2D eigenvalue weighted by Crippen LogP contribution is 2.04. The zero-order valence-corrected chi connectivity index (χ0v) is 11.8. The van der Waals surface area contributed by atoms with Crippen molar-refractivity contribution in [2.75, 3.05) is 18.6 Å². The van der Waals surface area contributed by atoms with E-state index in [-0.39, 0.29) is 5.91 Å². The number of hydrogen-bond donors (Lipinski definition) is 3. The van der Waals surface area contributed by atoms with Crippen LogP contribution in [0.2, 0.25) is 0 Å². The monoisotopic (exact) mass is 276 g/mol. The molecule has 0 aromatic rings. The first-order valence-corrected chi connectivity index (χ1v) is 7.72. The number of nitrogens with two attached hydrogens (primary N) is 1. The number of carbonyl (C=O) groups is 2. The molecule has 0 aromatic carbocycles. The van der Waals surface area contributed by atoms with Crippen LogP contribution in [0.15, 0.2) is 0 Å². The van der Waals surface area contributed by atoms with Crippen LogP contribution >= 0.6 is 11.8 Å². The highest BCUT2D eigenvalue weighted by Gasteiger charge is 2.18. The molecule has 106 valence electrons. The molecule has 0 aliphatic rings. The van der Waals surface area contributed by atoms with Crippen LogP contribution in [-0.4, -0.2) is 41.6 Å². The molecule has 0 aromatic heterocycles. The number of rotatable bonds is 11. The van der Waals surface area contributed by atoms with Crippen molar-refractivity contribution in [3.8, 4) is 0 Å². The van der Waals surface area contributed by atoms with Crippen LogP contribution in [0.4, 0.5) is 0 Å². The van der Waals surface area contributed by atoms with Crippen molar-refractivity contribution in [1.82, 2.24) is 5.32 Å². The van der Waals surface area contributed by atoms with Crippen LogP contribution in [0.3, 0.4) is 0 Å². The van der Waals surface area contributed by atoms with Gasteiger partial charge in [0.25, 0.3) is 0 Å². The Labute approximate surface area is 113 Å².